The molecule has 0 unspecified atom stereocenters. The maximum absolute atomic E-state index is 10.4. The summed E-state index contributed by atoms with van der Waals surface area (Å²) in [7, 11) is -14.2. The predicted octanol–water partition coefficient (Wildman–Crippen LogP) is -2.30. The molecule has 0 spiro atoms. The molecular weight excluding hydrogens is 775 g/mol. The van der Waals surface area contributed by atoms with Crippen molar-refractivity contribution in [1.29, 1.82) is 0 Å². The number of carbonyl (C=O) groups is 3. The van der Waals surface area contributed by atoms with Crippen molar-refractivity contribution >= 4 is 49.1 Å². The Balaban J connectivity index is 0.000000608. The van der Waals surface area contributed by atoms with E-state index in [1.165, 1.54) is 36.4 Å². The first-order valence-corrected chi connectivity index (χ1v) is 14.2. The first-order chi connectivity index (χ1) is 19.2. The van der Waals surface area contributed by atoms with Gasteiger partial charge in [0, 0.05) is 16.7 Å². The van der Waals surface area contributed by atoms with E-state index in [9.17, 15) is 55.0 Å². The van der Waals surface area contributed by atoms with E-state index in [0.29, 0.717) is 0 Å². The van der Waals surface area contributed by atoms with Crippen LogP contribution in [0.25, 0.3) is 0 Å². The maximum atomic E-state index is 10.4. The minimum absolute atomic E-state index is 0. The molecule has 0 aliphatic heterocycles. The van der Waals surface area contributed by atoms with Gasteiger partial charge >= 0.3 is 66.8 Å². The fourth-order valence-electron chi connectivity index (χ4n) is 2.46. The molecule has 43 heavy (non-hydrogen) atoms. The van der Waals surface area contributed by atoms with Gasteiger partial charge in [-0.2, -0.15) is 25.3 Å². The third-order valence-electron chi connectivity index (χ3n) is 3.91. The molecule has 3 aromatic carbocycles. The van der Waals surface area contributed by atoms with E-state index >= 15 is 0 Å². The quantitative estimate of drug-likeness (QED) is 0.192. The van der Waals surface area contributed by atoms with Crippen molar-refractivity contribution in [2.45, 2.75) is 0 Å². The number of carbonyl (C=O) groups excluding carboxylic acids is 3. The summed E-state index contributed by atoms with van der Waals surface area (Å²) in [6.45, 7) is 0. The second kappa shape index (κ2) is 16.9. The van der Waals surface area contributed by atoms with Gasteiger partial charge in [0.05, 0.1) is 17.9 Å². The van der Waals surface area contributed by atoms with Gasteiger partial charge in [-0.3, -0.25) is 13.7 Å². The van der Waals surface area contributed by atoms with E-state index in [0.717, 1.165) is 36.4 Å². The number of para-hydroxylation sites is 3. The molecule has 22 heteroatoms. The summed E-state index contributed by atoms with van der Waals surface area (Å²) in [4.78, 5) is 31.3. The standard InChI is InChI=1S/3C7H6O6S.La/c3*8-7(9)5-3-1-2-4-6(5)13-14(10,11)12;/h3*1-4H,(H,8,9)(H,10,11,12);/q;;;+3/p-3. The summed E-state index contributed by atoms with van der Waals surface area (Å²) in [5, 5.41) is 31.3. The van der Waals surface area contributed by atoms with Crippen LogP contribution in [0.1, 0.15) is 31.1 Å². The predicted molar refractivity (Wildman–Crippen MR) is 129 cm³/mol. The summed E-state index contributed by atoms with van der Waals surface area (Å²) < 4.78 is 98.7. The number of carboxylic acids is 3. The summed E-state index contributed by atoms with van der Waals surface area (Å²) in [5.41, 5.74) is -1.36. The van der Waals surface area contributed by atoms with E-state index in [2.05, 4.69) is 12.5 Å². The molecule has 0 radical (unpaired) electrons. The van der Waals surface area contributed by atoms with Crippen LogP contribution in [0.3, 0.4) is 0 Å². The molecular formula is C21H15LaO18S3. The number of hydrogen-bond donors (Lipinski definition) is 3. The summed E-state index contributed by atoms with van der Waals surface area (Å²) in [6.07, 6.45) is 0. The Morgan fingerprint density at radius 2 is 0.651 bits per heavy atom. The maximum Gasteiger partial charge on any atom is 3.00 e. The van der Waals surface area contributed by atoms with Gasteiger partial charge < -0.3 is 42.3 Å². The smallest absolute Gasteiger partial charge is 0.545 e. The van der Waals surface area contributed by atoms with Crippen LogP contribution in [0.2, 0.25) is 0 Å². The van der Waals surface area contributed by atoms with Gasteiger partial charge in [0.25, 0.3) is 0 Å². The Morgan fingerprint density at radius 3 is 0.814 bits per heavy atom. The molecule has 0 heterocycles. The van der Waals surface area contributed by atoms with Gasteiger partial charge in [0.2, 0.25) is 0 Å². The molecule has 0 amide bonds. The summed E-state index contributed by atoms with van der Waals surface area (Å²) in [5.74, 6) is -6.25. The number of benzene rings is 3. The fraction of sp³-hybridized carbons (Fsp3) is 0. The van der Waals surface area contributed by atoms with Gasteiger partial charge in [0.15, 0.2) is 17.2 Å². The molecule has 0 aromatic heterocycles. The minimum atomic E-state index is -4.72. The van der Waals surface area contributed by atoms with Crippen LogP contribution in [0, 0.1) is 35.6 Å². The molecule has 0 aliphatic rings. The van der Waals surface area contributed by atoms with Crippen LogP contribution >= 0.6 is 0 Å². The molecule has 0 saturated heterocycles. The molecule has 0 bridgehead atoms. The van der Waals surface area contributed by atoms with Crippen LogP contribution in [-0.4, -0.2) is 56.8 Å². The molecule has 0 saturated carbocycles. The van der Waals surface area contributed by atoms with Crippen molar-refractivity contribution in [2.24, 2.45) is 0 Å². The van der Waals surface area contributed by atoms with Crippen LogP contribution in [0.5, 0.6) is 17.2 Å². The Bertz CT molecular complexity index is 1560. The molecule has 3 aromatic rings. The number of hydrogen-bond acceptors (Lipinski definition) is 15. The zero-order valence-electron chi connectivity index (χ0n) is 20.7. The monoisotopic (exact) mass is 790 g/mol. The number of carboxylic acid groups (broad SMARTS) is 3. The van der Waals surface area contributed by atoms with Crippen LogP contribution in [0.4, 0.5) is 0 Å². The Hall–Kier alpha value is -3.61. The fourth-order valence-corrected chi connectivity index (χ4v) is 3.58. The number of rotatable bonds is 9. The van der Waals surface area contributed by atoms with Crippen molar-refractivity contribution in [3.63, 3.8) is 0 Å². The molecule has 0 aliphatic carbocycles. The third kappa shape index (κ3) is 16.0. The second-order valence-corrected chi connectivity index (χ2v) is 9.95. The Kier molecular flexibility index (Phi) is 15.5. The van der Waals surface area contributed by atoms with Crippen LogP contribution in [0.15, 0.2) is 72.8 Å². The van der Waals surface area contributed by atoms with E-state index in [1.54, 1.807) is 0 Å². The van der Waals surface area contributed by atoms with Gasteiger partial charge in [-0.1, -0.05) is 36.4 Å². The molecule has 3 N–H and O–H groups in total. The molecule has 228 valence electrons. The zero-order chi connectivity index (χ0) is 32.3. The van der Waals surface area contributed by atoms with Crippen LogP contribution < -0.4 is 27.9 Å². The van der Waals surface area contributed by atoms with Gasteiger partial charge in [-0.05, 0) is 36.4 Å². The third-order valence-corrected chi connectivity index (χ3v) is 5.08. The van der Waals surface area contributed by atoms with Crippen molar-refractivity contribution in [3.8, 4) is 17.2 Å². The van der Waals surface area contributed by atoms with Crippen molar-refractivity contribution < 1.29 is 117 Å². The summed E-state index contributed by atoms with van der Waals surface area (Å²) in [6, 6.07) is 14.7. The second-order valence-electron chi connectivity index (χ2n) is 6.88. The Labute approximate surface area is 270 Å². The minimum Gasteiger partial charge on any atom is -0.545 e. The molecule has 0 atom stereocenters. The van der Waals surface area contributed by atoms with E-state index < -0.39 is 83.0 Å². The van der Waals surface area contributed by atoms with Gasteiger partial charge in [0.1, 0.15) is 0 Å². The van der Waals surface area contributed by atoms with E-state index in [-0.39, 0.29) is 35.6 Å². The normalized spacial score (nSPS) is 10.7. The first kappa shape index (κ1) is 39.4. The van der Waals surface area contributed by atoms with Crippen molar-refractivity contribution in [2.75, 3.05) is 0 Å². The molecule has 0 fully saturated rings. The van der Waals surface area contributed by atoms with Crippen molar-refractivity contribution in [1.82, 2.24) is 0 Å². The van der Waals surface area contributed by atoms with Gasteiger partial charge in [-0.25, -0.2) is 0 Å². The van der Waals surface area contributed by atoms with Crippen LogP contribution in [-0.2, 0) is 31.2 Å². The largest absolute Gasteiger partial charge is 3.00 e. The zero-order valence-corrected chi connectivity index (χ0v) is 26.8. The van der Waals surface area contributed by atoms with E-state index in [1.807, 2.05) is 0 Å². The average Bonchev–Trinajstić information content (AvgIpc) is 2.82. The van der Waals surface area contributed by atoms with E-state index in [4.69, 9.17) is 13.7 Å². The number of aromatic carboxylic acids is 3. The average molecular weight is 790 g/mol. The van der Waals surface area contributed by atoms with Gasteiger partial charge in [-0.15, -0.1) is 0 Å². The topological polar surface area (TPSA) is 311 Å². The first-order valence-electron chi connectivity index (χ1n) is 10.1. The molecule has 3 rings (SSSR count). The van der Waals surface area contributed by atoms with Crippen molar-refractivity contribution in [3.05, 3.63) is 89.5 Å². The Morgan fingerprint density at radius 1 is 0.465 bits per heavy atom. The summed E-state index contributed by atoms with van der Waals surface area (Å²) >= 11 is 0. The SMILES string of the molecule is O=C([O-])c1ccccc1OS(=O)(=O)O.O=C([O-])c1ccccc1OS(=O)(=O)O.O=C([O-])c1ccccc1OS(=O)(=O)O.[La+3]. The molecule has 18 nitrogen and oxygen atoms in total.